The standard InChI is InChI=1S/C21H24N2O5/c24-10-9-22(11-15-5-2-4-8-19(15)21(27)28)13-17(25)14-23-12-16-6-1-3-7-18(16)20(23)26/h1-8,17,24-25H,9-14H2,(H,27,28). The first-order chi connectivity index (χ1) is 13.5. The van der Waals surface area contributed by atoms with Crippen LogP contribution in [0, 0.1) is 0 Å². The van der Waals surface area contributed by atoms with Gasteiger partial charge < -0.3 is 20.2 Å². The van der Waals surface area contributed by atoms with E-state index in [4.69, 9.17) is 0 Å². The van der Waals surface area contributed by atoms with Crippen molar-refractivity contribution < 1.29 is 24.9 Å². The minimum atomic E-state index is -1.01. The van der Waals surface area contributed by atoms with Gasteiger partial charge in [-0.05, 0) is 23.3 Å². The van der Waals surface area contributed by atoms with Crippen LogP contribution in [0.15, 0.2) is 48.5 Å². The second kappa shape index (κ2) is 8.97. The minimum absolute atomic E-state index is 0.0976. The molecule has 0 radical (unpaired) electrons. The second-order valence-corrected chi connectivity index (χ2v) is 6.92. The van der Waals surface area contributed by atoms with Crippen LogP contribution >= 0.6 is 0 Å². The summed E-state index contributed by atoms with van der Waals surface area (Å²) in [4.78, 5) is 27.2. The van der Waals surface area contributed by atoms with Crippen LogP contribution < -0.4 is 0 Å². The topological polar surface area (TPSA) is 101 Å². The van der Waals surface area contributed by atoms with E-state index in [1.165, 1.54) is 6.07 Å². The number of aliphatic hydroxyl groups is 2. The number of amides is 1. The van der Waals surface area contributed by atoms with Crippen molar-refractivity contribution in [3.8, 4) is 0 Å². The average molecular weight is 384 g/mol. The first kappa shape index (κ1) is 20.0. The largest absolute Gasteiger partial charge is 0.478 e. The van der Waals surface area contributed by atoms with Crippen LogP contribution in [0.1, 0.15) is 31.8 Å². The van der Waals surface area contributed by atoms with Gasteiger partial charge in [-0.1, -0.05) is 36.4 Å². The van der Waals surface area contributed by atoms with Crippen LogP contribution in [0.3, 0.4) is 0 Å². The molecule has 0 saturated heterocycles. The Hall–Kier alpha value is -2.74. The number of carbonyl (C=O) groups is 2. The molecule has 1 unspecified atom stereocenters. The number of benzene rings is 2. The second-order valence-electron chi connectivity index (χ2n) is 6.92. The molecule has 1 aliphatic rings. The van der Waals surface area contributed by atoms with Crippen molar-refractivity contribution in [2.45, 2.75) is 19.2 Å². The molecule has 28 heavy (non-hydrogen) atoms. The zero-order valence-electron chi connectivity index (χ0n) is 15.5. The highest BCUT2D eigenvalue weighted by Crippen LogP contribution is 2.22. The van der Waals surface area contributed by atoms with Gasteiger partial charge in [0.2, 0.25) is 0 Å². The molecule has 3 rings (SSSR count). The van der Waals surface area contributed by atoms with Gasteiger partial charge >= 0.3 is 5.97 Å². The maximum atomic E-state index is 12.5. The zero-order chi connectivity index (χ0) is 20.1. The molecule has 1 atom stereocenters. The van der Waals surface area contributed by atoms with Crippen molar-refractivity contribution in [1.82, 2.24) is 9.80 Å². The number of β-amino-alcohol motifs (C(OH)–C–C–N with tert-alkyl or cyclic N) is 1. The van der Waals surface area contributed by atoms with Crippen molar-refractivity contribution in [3.63, 3.8) is 0 Å². The molecule has 0 aromatic heterocycles. The molecule has 148 valence electrons. The number of aromatic carboxylic acids is 1. The van der Waals surface area contributed by atoms with E-state index in [0.29, 0.717) is 24.2 Å². The molecule has 3 N–H and O–H groups in total. The smallest absolute Gasteiger partial charge is 0.336 e. The van der Waals surface area contributed by atoms with Gasteiger partial charge in [0.25, 0.3) is 5.91 Å². The third-order valence-electron chi connectivity index (χ3n) is 4.85. The van der Waals surface area contributed by atoms with Crippen molar-refractivity contribution in [1.29, 1.82) is 0 Å². The lowest BCUT2D eigenvalue weighted by Gasteiger charge is -2.27. The van der Waals surface area contributed by atoms with Crippen LogP contribution in [0.2, 0.25) is 0 Å². The Kier molecular flexibility index (Phi) is 6.41. The van der Waals surface area contributed by atoms with Crippen LogP contribution in [0.25, 0.3) is 0 Å². The number of hydrogen-bond donors (Lipinski definition) is 3. The summed E-state index contributed by atoms with van der Waals surface area (Å²) >= 11 is 0. The van der Waals surface area contributed by atoms with Gasteiger partial charge in [0, 0.05) is 38.3 Å². The normalized spacial score (nSPS) is 14.4. The van der Waals surface area contributed by atoms with Crippen molar-refractivity contribution in [3.05, 3.63) is 70.8 Å². The summed E-state index contributed by atoms with van der Waals surface area (Å²) < 4.78 is 0. The van der Waals surface area contributed by atoms with Crippen LogP contribution in [-0.4, -0.2) is 69.3 Å². The fraction of sp³-hybridized carbons (Fsp3) is 0.333. The molecule has 2 aromatic carbocycles. The van der Waals surface area contributed by atoms with Gasteiger partial charge in [-0.3, -0.25) is 9.69 Å². The van der Waals surface area contributed by atoms with E-state index in [9.17, 15) is 24.9 Å². The van der Waals surface area contributed by atoms with E-state index in [0.717, 1.165) is 5.56 Å². The molecule has 7 nitrogen and oxygen atoms in total. The number of rotatable bonds is 9. The summed E-state index contributed by atoms with van der Waals surface area (Å²) in [5, 5.41) is 29.2. The number of nitrogens with zero attached hydrogens (tertiary/aromatic N) is 2. The fourth-order valence-electron chi connectivity index (χ4n) is 3.56. The SMILES string of the molecule is O=C(O)c1ccccc1CN(CCO)CC(O)CN1Cc2ccccc2C1=O. The molecule has 0 fully saturated rings. The first-order valence-corrected chi connectivity index (χ1v) is 9.19. The molecule has 0 aliphatic carbocycles. The van der Waals surface area contributed by atoms with Gasteiger partial charge in [0.1, 0.15) is 0 Å². The molecule has 0 bridgehead atoms. The van der Waals surface area contributed by atoms with E-state index >= 15 is 0 Å². The third-order valence-corrected chi connectivity index (χ3v) is 4.85. The first-order valence-electron chi connectivity index (χ1n) is 9.19. The molecule has 1 heterocycles. The maximum Gasteiger partial charge on any atom is 0.336 e. The number of fused-ring (bicyclic) bond motifs is 1. The Labute approximate surface area is 163 Å². The summed E-state index contributed by atoms with van der Waals surface area (Å²) in [5.41, 5.74) is 2.42. The highest BCUT2D eigenvalue weighted by atomic mass is 16.4. The summed E-state index contributed by atoms with van der Waals surface area (Å²) in [6.45, 7) is 1.32. The number of carboxylic acid groups (broad SMARTS) is 1. The monoisotopic (exact) mass is 384 g/mol. The number of aliphatic hydroxyl groups excluding tert-OH is 2. The Balaban J connectivity index is 1.63. The molecular weight excluding hydrogens is 360 g/mol. The molecular formula is C21H24N2O5. The zero-order valence-corrected chi connectivity index (χ0v) is 15.5. The highest BCUT2D eigenvalue weighted by Gasteiger charge is 2.28. The lowest BCUT2D eigenvalue weighted by molar-refractivity contribution is 0.0502. The number of carboxylic acids is 1. The Bertz CT molecular complexity index is 854. The van der Waals surface area contributed by atoms with Crippen molar-refractivity contribution in [2.75, 3.05) is 26.2 Å². The highest BCUT2D eigenvalue weighted by molar-refractivity contribution is 5.98. The maximum absolute atomic E-state index is 12.5. The average Bonchev–Trinajstić information content (AvgIpc) is 2.98. The molecule has 0 saturated carbocycles. The molecule has 0 spiro atoms. The van der Waals surface area contributed by atoms with Crippen LogP contribution in [-0.2, 0) is 13.1 Å². The molecule has 2 aromatic rings. The third kappa shape index (κ3) is 4.56. The fourth-order valence-corrected chi connectivity index (χ4v) is 3.56. The van der Waals surface area contributed by atoms with E-state index in [2.05, 4.69) is 0 Å². The van der Waals surface area contributed by atoms with Gasteiger partial charge in [-0.25, -0.2) is 4.79 Å². The summed E-state index contributed by atoms with van der Waals surface area (Å²) in [7, 11) is 0. The Morgan fingerprint density at radius 3 is 2.57 bits per heavy atom. The molecule has 1 aliphatic heterocycles. The van der Waals surface area contributed by atoms with Crippen LogP contribution in [0.5, 0.6) is 0 Å². The van der Waals surface area contributed by atoms with Gasteiger partial charge in [-0.2, -0.15) is 0 Å². The summed E-state index contributed by atoms with van der Waals surface area (Å²) in [6, 6.07) is 14.1. The Morgan fingerprint density at radius 2 is 1.86 bits per heavy atom. The lowest BCUT2D eigenvalue weighted by Crippen LogP contribution is -2.41. The van der Waals surface area contributed by atoms with Gasteiger partial charge in [0.05, 0.1) is 18.3 Å². The number of hydrogen-bond acceptors (Lipinski definition) is 5. The van der Waals surface area contributed by atoms with E-state index in [-0.39, 0.29) is 37.7 Å². The van der Waals surface area contributed by atoms with E-state index < -0.39 is 12.1 Å². The van der Waals surface area contributed by atoms with Gasteiger partial charge in [-0.15, -0.1) is 0 Å². The van der Waals surface area contributed by atoms with Crippen molar-refractivity contribution >= 4 is 11.9 Å². The van der Waals surface area contributed by atoms with E-state index in [1.807, 2.05) is 18.2 Å². The lowest BCUT2D eigenvalue weighted by atomic mass is 10.1. The summed E-state index contributed by atoms with van der Waals surface area (Å²) in [6.07, 6.45) is -0.818. The van der Waals surface area contributed by atoms with Gasteiger partial charge in [0.15, 0.2) is 0 Å². The number of carbonyl (C=O) groups excluding carboxylic acids is 1. The van der Waals surface area contributed by atoms with Crippen LogP contribution in [0.4, 0.5) is 0 Å². The van der Waals surface area contributed by atoms with E-state index in [1.54, 1.807) is 34.1 Å². The predicted octanol–water partition coefficient (Wildman–Crippen LogP) is 1.20. The summed E-state index contributed by atoms with van der Waals surface area (Å²) in [5.74, 6) is -1.11. The molecule has 1 amide bonds. The quantitative estimate of drug-likeness (QED) is 0.601. The minimum Gasteiger partial charge on any atom is -0.478 e. The Morgan fingerprint density at radius 1 is 1.14 bits per heavy atom. The molecule has 7 heteroatoms. The van der Waals surface area contributed by atoms with Crippen molar-refractivity contribution in [2.24, 2.45) is 0 Å². The predicted molar refractivity (Wildman–Crippen MR) is 103 cm³/mol.